The van der Waals surface area contributed by atoms with Gasteiger partial charge in [0.1, 0.15) is 0 Å². The zero-order chi connectivity index (χ0) is 9.19. The number of hydrogen-bond acceptors (Lipinski definition) is 4. The SMILES string of the molecule is O=Cc1cc[n+](S(=O)(=O)[O-])cc1. The van der Waals surface area contributed by atoms with E-state index < -0.39 is 10.3 Å². The Morgan fingerprint density at radius 2 is 1.83 bits per heavy atom. The minimum absolute atomic E-state index is 0.315. The quantitative estimate of drug-likeness (QED) is 0.341. The molecule has 0 N–H and O–H groups in total. The second-order valence-electron chi connectivity index (χ2n) is 2.04. The average Bonchev–Trinajstić information content (AvgIpc) is 2.03. The zero-order valence-corrected chi connectivity index (χ0v) is 6.69. The van der Waals surface area contributed by atoms with E-state index in [0.29, 0.717) is 15.8 Å². The van der Waals surface area contributed by atoms with Gasteiger partial charge in [-0.15, -0.1) is 3.97 Å². The van der Waals surface area contributed by atoms with Crippen molar-refractivity contribution in [3.8, 4) is 0 Å². The van der Waals surface area contributed by atoms with Crippen molar-refractivity contribution in [3.05, 3.63) is 30.1 Å². The van der Waals surface area contributed by atoms with E-state index in [9.17, 15) is 17.8 Å². The molecule has 0 aliphatic carbocycles. The van der Waals surface area contributed by atoms with Crippen LogP contribution in [0.4, 0.5) is 0 Å². The molecule has 0 unspecified atom stereocenters. The van der Waals surface area contributed by atoms with Crippen molar-refractivity contribution in [1.82, 2.24) is 0 Å². The topological polar surface area (TPSA) is 78.1 Å². The third-order valence-corrected chi connectivity index (χ3v) is 1.98. The predicted molar refractivity (Wildman–Crippen MR) is 37.1 cm³/mol. The van der Waals surface area contributed by atoms with E-state index in [2.05, 4.69) is 0 Å². The largest absolute Gasteiger partial charge is 0.693 e. The van der Waals surface area contributed by atoms with Crippen LogP contribution in [0.3, 0.4) is 0 Å². The van der Waals surface area contributed by atoms with Gasteiger partial charge in [0.15, 0.2) is 18.7 Å². The van der Waals surface area contributed by atoms with E-state index >= 15 is 0 Å². The highest BCUT2D eigenvalue weighted by Crippen LogP contribution is 1.89. The maximum absolute atomic E-state index is 10.4. The minimum atomic E-state index is -4.48. The van der Waals surface area contributed by atoms with Gasteiger partial charge in [0.05, 0.1) is 0 Å². The fourth-order valence-electron chi connectivity index (χ4n) is 0.652. The van der Waals surface area contributed by atoms with Gasteiger partial charge in [0.25, 0.3) is 0 Å². The van der Waals surface area contributed by atoms with Gasteiger partial charge in [-0.1, -0.05) is 0 Å². The van der Waals surface area contributed by atoms with Crippen LogP contribution in [0.15, 0.2) is 24.5 Å². The second kappa shape index (κ2) is 3.00. The molecule has 0 saturated heterocycles. The zero-order valence-electron chi connectivity index (χ0n) is 5.88. The molecule has 0 radical (unpaired) electrons. The molecule has 1 rings (SSSR count). The van der Waals surface area contributed by atoms with Crippen LogP contribution in [0.2, 0.25) is 0 Å². The van der Waals surface area contributed by atoms with E-state index in [1.165, 1.54) is 12.1 Å². The van der Waals surface area contributed by atoms with Crippen LogP contribution < -0.4 is 3.97 Å². The molecule has 12 heavy (non-hydrogen) atoms. The highest BCUT2D eigenvalue weighted by atomic mass is 32.2. The summed E-state index contributed by atoms with van der Waals surface area (Å²) in [6.07, 6.45) is 2.60. The molecule has 0 atom stereocenters. The fraction of sp³-hybridized carbons (Fsp3) is 0. The Balaban J connectivity index is 3.17. The number of rotatable bonds is 2. The van der Waals surface area contributed by atoms with Crippen molar-refractivity contribution >= 4 is 16.6 Å². The van der Waals surface area contributed by atoms with E-state index in [1.807, 2.05) is 0 Å². The van der Waals surface area contributed by atoms with Crippen LogP contribution in [0.1, 0.15) is 10.4 Å². The van der Waals surface area contributed by atoms with E-state index in [-0.39, 0.29) is 0 Å². The Kier molecular flexibility index (Phi) is 2.20. The van der Waals surface area contributed by atoms with Gasteiger partial charge in [-0.3, -0.25) is 4.79 Å². The highest BCUT2D eigenvalue weighted by Gasteiger charge is 2.06. The molecule has 1 aromatic heterocycles. The molecule has 64 valence electrons. The first-order chi connectivity index (χ1) is 5.54. The van der Waals surface area contributed by atoms with Crippen molar-refractivity contribution in [3.63, 3.8) is 0 Å². The van der Waals surface area contributed by atoms with Gasteiger partial charge < -0.3 is 4.55 Å². The number of carbonyl (C=O) groups is 1. The monoisotopic (exact) mass is 187 g/mol. The standard InChI is InChI=1S/C6H5NO4S/c8-5-6-1-3-7(4-2-6)12(9,10)11/h1-5H. The van der Waals surface area contributed by atoms with Gasteiger partial charge in [0.2, 0.25) is 0 Å². The number of aldehydes is 1. The molecular formula is C6H5NO4S. The van der Waals surface area contributed by atoms with E-state index in [1.54, 1.807) is 0 Å². The summed E-state index contributed by atoms with van der Waals surface area (Å²) in [7, 11) is -4.48. The molecule has 0 saturated carbocycles. The number of aromatic nitrogens is 1. The number of nitrogens with zero attached hydrogens (tertiary/aromatic N) is 1. The third kappa shape index (κ3) is 1.86. The molecule has 6 heteroatoms. The summed E-state index contributed by atoms with van der Waals surface area (Å²) >= 11 is 0. The molecule has 5 nitrogen and oxygen atoms in total. The normalized spacial score (nSPS) is 11.1. The lowest BCUT2D eigenvalue weighted by molar-refractivity contribution is -0.519. The maximum Gasteiger partial charge on any atom is 0.329 e. The van der Waals surface area contributed by atoms with Crippen molar-refractivity contribution in [2.24, 2.45) is 0 Å². The third-order valence-electron chi connectivity index (χ3n) is 1.22. The van der Waals surface area contributed by atoms with Crippen LogP contribution >= 0.6 is 0 Å². The van der Waals surface area contributed by atoms with Gasteiger partial charge in [-0.05, 0) is 0 Å². The summed E-state index contributed by atoms with van der Waals surface area (Å²) in [6.45, 7) is 0. The Hall–Kier alpha value is -1.27. The van der Waals surface area contributed by atoms with Crippen LogP contribution in [-0.4, -0.2) is 19.3 Å². The average molecular weight is 187 g/mol. The first-order valence-corrected chi connectivity index (χ1v) is 4.33. The summed E-state index contributed by atoms with van der Waals surface area (Å²) in [6, 6.07) is 2.48. The molecule has 0 spiro atoms. The first-order valence-electron chi connectivity index (χ1n) is 2.97. The van der Waals surface area contributed by atoms with Crippen LogP contribution in [0.5, 0.6) is 0 Å². The molecular weight excluding hydrogens is 182 g/mol. The molecule has 0 amide bonds. The van der Waals surface area contributed by atoms with Gasteiger partial charge in [-0.25, -0.2) is 0 Å². The molecule has 0 bridgehead atoms. The van der Waals surface area contributed by atoms with Crippen LogP contribution in [0, 0.1) is 0 Å². The minimum Gasteiger partial charge on any atom is -0.693 e. The van der Waals surface area contributed by atoms with Gasteiger partial charge in [0, 0.05) is 17.7 Å². The first kappa shape index (κ1) is 8.82. The Morgan fingerprint density at radius 1 is 1.33 bits per heavy atom. The molecule has 1 aromatic rings. The number of carbonyl (C=O) groups excluding carboxylic acids is 1. The Morgan fingerprint density at radius 3 is 2.17 bits per heavy atom. The van der Waals surface area contributed by atoms with Crippen molar-refractivity contribution in [1.29, 1.82) is 0 Å². The number of pyridine rings is 1. The smallest absolute Gasteiger partial charge is 0.329 e. The molecule has 1 heterocycles. The Labute approximate surface area is 69.2 Å². The predicted octanol–water partition coefficient (Wildman–Crippen LogP) is -0.905. The fourth-order valence-corrected chi connectivity index (χ4v) is 1.07. The number of hydrogen-bond donors (Lipinski definition) is 0. The summed E-state index contributed by atoms with van der Waals surface area (Å²) in [5.41, 5.74) is 0.315. The van der Waals surface area contributed by atoms with Gasteiger partial charge >= 0.3 is 10.3 Å². The van der Waals surface area contributed by atoms with E-state index in [4.69, 9.17) is 0 Å². The lowest BCUT2D eigenvalue weighted by Crippen LogP contribution is -2.41. The molecule has 0 aliphatic heterocycles. The van der Waals surface area contributed by atoms with Crippen molar-refractivity contribution in [2.45, 2.75) is 0 Å². The van der Waals surface area contributed by atoms with Crippen LogP contribution in [0.25, 0.3) is 0 Å². The van der Waals surface area contributed by atoms with Crippen LogP contribution in [-0.2, 0) is 10.3 Å². The molecule has 0 aliphatic rings. The maximum atomic E-state index is 10.4. The highest BCUT2D eigenvalue weighted by molar-refractivity contribution is 7.78. The van der Waals surface area contributed by atoms with E-state index in [0.717, 1.165) is 12.4 Å². The summed E-state index contributed by atoms with van der Waals surface area (Å²) in [5.74, 6) is 0. The van der Waals surface area contributed by atoms with Gasteiger partial charge in [-0.2, -0.15) is 8.42 Å². The Bertz CT molecular complexity index is 381. The lowest BCUT2D eigenvalue weighted by Gasteiger charge is -1.98. The summed E-state index contributed by atoms with van der Waals surface area (Å²) in [5, 5.41) is 0. The second-order valence-corrected chi connectivity index (χ2v) is 3.31. The summed E-state index contributed by atoms with van der Waals surface area (Å²) < 4.78 is 31.5. The molecule has 0 aromatic carbocycles. The molecule has 0 fully saturated rings. The van der Waals surface area contributed by atoms with Crippen molar-refractivity contribution < 1.29 is 21.7 Å². The lowest BCUT2D eigenvalue weighted by atomic mass is 10.3. The van der Waals surface area contributed by atoms with Crippen molar-refractivity contribution in [2.75, 3.05) is 0 Å². The summed E-state index contributed by atoms with van der Waals surface area (Å²) in [4.78, 5) is 10.1.